The van der Waals surface area contributed by atoms with Gasteiger partial charge in [-0.1, -0.05) is 11.6 Å². The van der Waals surface area contributed by atoms with E-state index < -0.39 is 6.17 Å². The third kappa shape index (κ3) is 4.74. The Morgan fingerprint density at radius 3 is 2.92 bits per heavy atom. The van der Waals surface area contributed by atoms with Gasteiger partial charge < -0.3 is 15.6 Å². The fourth-order valence-corrected chi connectivity index (χ4v) is 3.11. The minimum atomic E-state index is -0.934. The third-order valence-electron chi connectivity index (χ3n) is 4.24. The van der Waals surface area contributed by atoms with Gasteiger partial charge in [0, 0.05) is 42.8 Å². The zero-order valence-electron chi connectivity index (χ0n) is 13.9. The summed E-state index contributed by atoms with van der Waals surface area (Å²) >= 11 is 5.92. The highest BCUT2D eigenvalue weighted by atomic mass is 35.5. The summed E-state index contributed by atoms with van der Waals surface area (Å²) in [5.74, 6) is 0. The van der Waals surface area contributed by atoms with E-state index >= 15 is 0 Å². The van der Waals surface area contributed by atoms with Gasteiger partial charge in [-0.05, 0) is 44.1 Å². The van der Waals surface area contributed by atoms with E-state index in [-0.39, 0.29) is 6.54 Å². The number of likely N-dealkylation sites (tertiary alicyclic amines) is 1. The SMILES string of the molecule is N=C/C(=C\NCC(F)CN1CCCC1)c1cnc2ccc(Cl)nc2c1. The van der Waals surface area contributed by atoms with Gasteiger partial charge in [-0.25, -0.2) is 9.37 Å². The number of allylic oxidation sites excluding steroid dienone is 1. The molecule has 2 N–H and O–H groups in total. The Balaban J connectivity index is 1.64. The smallest absolute Gasteiger partial charge is 0.130 e. The summed E-state index contributed by atoms with van der Waals surface area (Å²) in [5.41, 5.74) is 2.75. The van der Waals surface area contributed by atoms with Crippen molar-refractivity contribution in [3.8, 4) is 0 Å². The van der Waals surface area contributed by atoms with Crippen LogP contribution in [-0.4, -0.2) is 53.4 Å². The molecule has 0 radical (unpaired) electrons. The summed E-state index contributed by atoms with van der Waals surface area (Å²) in [6.45, 7) is 2.65. The van der Waals surface area contributed by atoms with Crippen LogP contribution < -0.4 is 5.32 Å². The van der Waals surface area contributed by atoms with Crippen molar-refractivity contribution in [2.75, 3.05) is 26.2 Å². The van der Waals surface area contributed by atoms with Crippen molar-refractivity contribution in [3.05, 3.63) is 41.3 Å². The zero-order valence-corrected chi connectivity index (χ0v) is 14.6. The van der Waals surface area contributed by atoms with Gasteiger partial charge in [0.05, 0.1) is 11.0 Å². The molecule has 0 bridgehead atoms. The van der Waals surface area contributed by atoms with Gasteiger partial charge in [0.2, 0.25) is 0 Å². The lowest BCUT2D eigenvalue weighted by Crippen LogP contribution is -2.33. The normalized spacial score (nSPS) is 17.0. The number of pyridine rings is 2. The van der Waals surface area contributed by atoms with E-state index in [0.29, 0.717) is 22.8 Å². The molecular formula is C18H21ClFN5. The van der Waals surface area contributed by atoms with Gasteiger partial charge in [-0.3, -0.25) is 4.98 Å². The minimum Gasteiger partial charge on any atom is -0.387 e. The van der Waals surface area contributed by atoms with Crippen LogP contribution in [0.25, 0.3) is 16.6 Å². The molecule has 132 valence electrons. The molecule has 25 heavy (non-hydrogen) atoms. The Labute approximate surface area is 151 Å². The third-order valence-corrected chi connectivity index (χ3v) is 4.45. The summed E-state index contributed by atoms with van der Waals surface area (Å²) in [6.07, 6.45) is 5.92. The fraction of sp³-hybridized carbons (Fsp3) is 0.389. The summed E-state index contributed by atoms with van der Waals surface area (Å²) in [6, 6.07) is 5.31. The van der Waals surface area contributed by atoms with Gasteiger partial charge in [0.1, 0.15) is 11.3 Å². The zero-order chi connectivity index (χ0) is 17.6. The highest BCUT2D eigenvalue weighted by molar-refractivity contribution is 6.29. The van der Waals surface area contributed by atoms with Crippen LogP contribution in [0.1, 0.15) is 18.4 Å². The summed E-state index contributed by atoms with van der Waals surface area (Å²) in [5, 5.41) is 11.0. The molecule has 0 spiro atoms. The van der Waals surface area contributed by atoms with Crippen LogP contribution in [0.5, 0.6) is 0 Å². The van der Waals surface area contributed by atoms with Gasteiger partial charge in [0.15, 0.2) is 0 Å². The largest absolute Gasteiger partial charge is 0.387 e. The molecule has 1 aliphatic heterocycles. The minimum absolute atomic E-state index is 0.221. The number of hydrogen-bond donors (Lipinski definition) is 2. The molecule has 3 rings (SSSR count). The molecule has 2 aromatic heterocycles. The van der Waals surface area contributed by atoms with E-state index in [0.717, 1.165) is 37.0 Å². The van der Waals surface area contributed by atoms with Crippen molar-refractivity contribution in [1.29, 1.82) is 5.41 Å². The second-order valence-corrected chi connectivity index (χ2v) is 6.54. The van der Waals surface area contributed by atoms with Crippen LogP contribution in [0.3, 0.4) is 0 Å². The van der Waals surface area contributed by atoms with Crippen LogP contribution in [0.2, 0.25) is 5.15 Å². The van der Waals surface area contributed by atoms with Crippen LogP contribution in [0.15, 0.2) is 30.6 Å². The van der Waals surface area contributed by atoms with Crippen LogP contribution in [-0.2, 0) is 0 Å². The van der Waals surface area contributed by atoms with E-state index in [9.17, 15) is 4.39 Å². The molecule has 1 saturated heterocycles. The first-order valence-electron chi connectivity index (χ1n) is 8.39. The molecule has 1 unspecified atom stereocenters. The average molecular weight is 362 g/mol. The second kappa shape index (κ2) is 8.36. The molecular weight excluding hydrogens is 341 g/mol. The van der Waals surface area contributed by atoms with E-state index in [1.807, 2.05) is 6.07 Å². The van der Waals surface area contributed by atoms with Crippen molar-refractivity contribution in [1.82, 2.24) is 20.2 Å². The van der Waals surface area contributed by atoms with Crippen LogP contribution >= 0.6 is 11.6 Å². The lowest BCUT2D eigenvalue weighted by atomic mass is 10.1. The first kappa shape index (κ1) is 17.8. The molecule has 0 amide bonds. The molecule has 1 atom stereocenters. The molecule has 7 heteroatoms. The Morgan fingerprint density at radius 1 is 1.36 bits per heavy atom. The Hall–Kier alpha value is -2.05. The highest BCUT2D eigenvalue weighted by Crippen LogP contribution is 2.18. The van der Waals surface area contributed by atoms with Crippen molar-refractivity contribution in [3.63, 3.8) is 0 Å². The number of nitrogens with one attached hydrogen (secondary N) is 2. The summed E-state index contributed by atoms with van der Waals surface area (Å²) in [7, 11) is 0. The Kier molecular flexibility index (Phi) is 5.94. The monoisotopic (exact) mass is 361 g/mol. The molecule has 3 heterocycles. The van der Waals surface area contributed by atoms with Crippen molar-refractivity contribution < 1.29 is 4.39 Å². The summed E-state index contributed by atoms with van der Waals surface area (Å²) < 4.78 is 14.0. The summed E-state index contributed by atoms with van der Waals surface area (Å²) in [4.78, 5) is 10.7. The lowest BCUT2D eigenvalue weighted by Gasteiger charge is -2.17. The maximum atomic E-state index is 14.0. The van der Waals surface area contributed by atoms with Crippen molar-refractivity contribution >= 4 is 34.4 Å². The predicted octanol–water partition coefficient (Wildman–Crippen LogP) is 3.30. The van der Waals surface area contributed by atoms with E-state index in [1.54, 1.807) is 24.5 Å². The number of alkyl halides is 1. The number of rotatable bonds is 7. The predicted molar refractivity (Wildman–Crippen MR) is 99.9 cm³/mol. The fourth-order valence-electron chi connectivity index (χ4n) is 2.95. The van der Waals surface area contributed by atoms with Crippen LogP contribution in [0.4, 0.5) is 4.39 Å². The van der Waals surface area contributed by atoms with Crippen LogP contribution in [0, 0.1) is 5.41 Å². The number of halogens is 2. The number of fused-ring (bicyclic) bond motifs is 1. The number of aromatic nitrogens is 2. The van der Waals surface area contributed by atoms with Gasteiger partial charge in [-0.2, -0.15) is 0 Å². The highest BCUT2D eigenvalue weighted by Gasteiger charge is 2.16. The standard InChI is InChI=1S/C18H21ClFN5/c19-18-4-3-16-17(24-18)7-13(10-23-16)14(8-21)9-22-11-15(20)12-25-5-1-2-6-25/h3-4,7-10,15,21-22H,1-2,5-6,11-12H2/b14-9+,21-8?. The maximum Gasteiger partial charge on any atom is 0.130 e. The topological polar surface area (TPSA) is 64.9 Å². The lowest BCUT2D eigenvalue weighted by molar-refractivity contribution is 0.220. The van der Waals surface area contributed by atoms with Gasteiger partial charge in [0.25, 0.3) is 0 Å². The first-order valence-corrected chi connectivity index (χ1v) is 8.76. The van der Waals surface area contributed by atoms with E-state index in [2.05, 4.69) is 20.2 Å². The van der Waals surface area contributed by atoms with E-state index in [4.69, 9.17) is 17.0 Å². The Bertz CT molecular complexity index is 773. The van der Waals surface area contributed by atoms with Gasteiger partial charge in [-0.15, -0.1) is 0 Å². The molecule has 2 aromatic rings. The van der Waals surface area contributed by atoms with E-state index in [1.165, 1.54) is 6.21 Å². The second-order valence-electron chi connectivity index (χ2n) is 6.15. The molecule has 1 fully saturated rings. The molecule has 0 aromatic carbocycles. The quantitative estimate of drug-likeness (QED) is 0.586. The molecule has 0 saturated carbocycles. The number of hydrogen-bond acceptors (Lipinski definition) is 5. The van der Waals surface area contributed by atoms with Gasteiger partial charge >= 0.3 is 0 Å². The molecule has 1 aliphatic rings. The molecule has 5 nitrogen and oxygen atoms in total. The number of nitrogens with zero attached hydrogens (tertiary/aromatic N) is 3. The van der Waals surface area contributed by atoms with Crippen molar-refractivity contribution in [2.24, 2.45) is 0 Å². The Morgan fingerprint density at radius 2 is 2.16 bits per heavy atom. The maximum absolute atomic E-state index is 14.0. The van der Waals surface area contributed by atoms with Crippen molar-refractivity contribution in [2.45, 2.75) is 19.0 Å². The average Bonchev–Trinajstić information content (AvgIpc) is 3.11. The molecule has 0 aliphatic carbocycles. The first-order chi connectivity index (χ1) is 12.2.